The van der Waals surface area contributed by atoms with Gasteiger partial charge < -0.3 is 19.8 Å². The van der Waals surface area contributed by atoms with Gasteiger partial charge in [-0.1, -0.05) is 0 Å². The number of hydrogen-bond donors (Lipinski definition) is 2. The topological polar surface area (TPSA) is 52.9 Å². The van der Waals surface area contributed by atoms with Gasteiger partial charge in [-0.3, -0.25) is 0 Å². The quantitative estimate of drug-likeness (QED) is 0.739. The normalized spacial score (nSPS) is 32.2. The molecule has 1 fully saturated rings. The first kappa shape index (κ1) is 13.9. The van der Waals surface area contributed by atoms with E-state index in [1.54, 1.807) is 0 Å². The molecule has 2 unspecified atom stereocenters. The largest absolute Gasteiger partial charge is 0.395 e. The van der Waals surface area contributed by atoms with Gasteiger partial charge >= 0.3 is 0 Å². The summed E-state index contributed by atoms with van der Waals surface area (Å²) in [5.41, 5.74) is -0.819. The molecule has 0 bridgehead atoms. The Bertz CT molecular complexity index is 240. The third-order valence-corrected chi connectivity index (χ3v) is 3.50. The molecule has 1 rings (SSSR count). The maximum absolute atomic E-state index is 10.3. The zero-order chi connectivity index (χ0) is 12.6. The molecule has 4 nitrogen and oxygen atoms in total. The molecule has 0 aromatic rings. The SMILES string of the molecule is CN(CCO)CC1C(O)C(C)(C)OC1(C)C. The Hall–Kier alpha value is -0.160. The van der Waals surface area contributed by atoms with Gasteiger partial charge in [0, 0.05) is 19.0 Å². The van der Waals surface area contributed by atoms with Crippen LogP contribution < -0.4 is 0 Å². The molecule has 1 aliphatic heterocycles. The molecule has 16 heavy (non-hydrogen) atoms. The van der Waals surface area contributed by atoms with Gasteiger partial charge in [-0.05, 0) is 34.7 Å². The lowest BCUT2D eigenvalue weighted by Gasteiger charge is -2.30. The first-order valence-electron chi connectivity index (χ1n) is 5.88. The summed E-state index contributed by atoms with van der Waals surface area (Å²) in [4.78, 5) is 2.03. The first-order chi connectivity index (χ1) is 7.20. The van der Waals surface area contributed by atoms with E-state index in [9.17, 15) is 5.11 Å². The number of likely N-dealkylation sites (N-methyl/N-ethyl adjacent to an activating group) is 1. The molecule has 2 N–H and O–H groups in total. The van der Waals surface area contributed by atoms with E-state index in [1.807, 2.05) is 39.6 Å². The van der Waals surface area contributed by atoms with Crippen LogP contribution in [0, 0.1) is 5.92 Å². The molecular formula is C12H25NO3. The van der Waals surface area contributed by atoms with Crippen LogP contribution in [0.5, 0.6) is 0 Å². The van der Waals surface area contributed by atoms with Crippen molar-refractivity contribution in [1.29, 1.82) is 0 Å². The molecule has 0 aromatic carbocycles. The van der Waals surface area contributed by atoms with E-state index < -0.39 is 11.7 Å². The Morgan fingerprint density at radius 3 is 2.12 bits per heavy atom. The highest BCUT2D eigenvalue weighted by molar-refractivity contribution is 5.02. The number of ether oxygens (including phenoxy) is 1. The van der Waals surface area contributed by atoms with E-state index in [0.29, 0.717) is 6.54 Å². The van der Waals surface area contributed by atoms with Crippen molar-refractivity contribution < 1.29 is 14.9 Å². The van der Waals surface area contributed by atoms with Crippen LogP contribution >= 0.6 is 0 Å². The summed E-state index contributed by atoms with van der Waals surface area (Å²) < 4.78 is 5.90. The third-order valence-electron chi connectivity index (χ3n) is 3.50. The van der Waals surface area contributed by atoms with Crippen LogP contribution in [0.3, 0.4) is 0 Å². The summed E-state index contributed by atoms with van der Waals surface area (Å²) in [5.74, 6) is 0.0686. The van der Waals surface area contributed by atoms with E-state index in [4.69, 9.17) is 9.84 Å². The fourth-order valence-electron chi connectivity index (χ4n) is 2.60. The van der Waals surface area contributed by atoms with Gasteiger partial charge in [0.1, 0.15) is 0 Å². The highest BCUT2D eigenvalue weighted by atomic mass is 16.5. The van der Waals surface area contributed by atoms with E-state index in [0.717, 1.165) is 6.54 Å². The first-order valence-corrected chi connectivity index (χ1v) is 5.88. The fourth-order valence-corrected chi connectivity index (χ4v) is 2.60. The predicted octanol–water partition coefficient (Wildman–Crippen LogP) is 0.475. The van der Waals surface area contributed by atoms with Gasteiger partial charge in [0.2, 0.25) is 0 Å². The van der Waals surface area contributed by atoms with Crippen LogP contribution in [-0.2, 0) is 4.74 Å². The second-order valence-electron chi connectivity index (χ2n) is 5.85. The molecular weight excluding hydrogens is 206 g/mol. The Morgan fingerprint density at radius 2 is 1.75 bits per heavy atom. The van der Waals surface area contributed by atoms with E-state index in [2.05, 4.69) is 0 Å². The molecule has 1 saturated heterocycles. The number of hydrogen-bond acceptors (Lipinski definition) is 4. The van der Waals surface area contributed by atoms with Crippen molar-refractivity contribution in [2.45, 2.75) is 45.0 Å². The van der Waals surface area contributed by atoms with Gasteiger partial charge in [0.25, 0.3) is 0 Å². The van der Waals surface area contributed by atoms with Crippen molar-refractivity contribution in [2.75, 3.05) is 26.7 Å². The van der Waals surface area contributed by atoms with Crippen LogP contribution in [0.1, 0.15) is 27.7 Å². The molecule has 0 radical (unpaired) electrons. The zero-order valence-electron chi connectivity index (χ0n) is 11.0. The van der Waals surface area contributed by atoms with Crippen molar-refractivity contribution in [3.8, 4) is 0 Å². The number of aliphatic hydroxyl groups is 2. The summed E-state index contributed by atoms with van der Waals surface area (Å²) in [6.07, 6.45) is -0.469. The van der Waals surface area contributed by atoms with Crippen molar-refractivity contribution in [3.63, 3.8) is 0 Å². The van der Waals surface area contributed by atoms with Crippen molar-refractivity contribution in [1.82, 2.24) is 4.90 Å². The summed E-state index contributed by atoms with van der Waals surface area (Å²) in [6, 6.07) is 0. The minimum absolute atomic E-state index is 0.0686. The lowest BCUT2D eigenvalue weighted by Crippen LogP contribution is -2.42. The van der Waals surface area contributed by atoms with Gasteiger partial charge in [0.05, 0.1) is 23.9 Å². The van der Waals surface area contributed by atoms with Crippen LogP contribution in [0.4, 0.5) is 0 Å². The summed E-state index contributed by atoms with van der Waals surface area (Å²) in [5, 5.41) is 19.1. The lowest BCUT2D eigenvalue weighted by atomic mass is 9.84. The molecule has 0 aliphatic carbocycles. The minimum Gasteiger partial charge on any atom is -0.395 e. The number of rotatable bonds is 4. The van der Waals surface area contributed by atoms with Crippen LogP contribution in [0.2, 0.25) is 0 Å². The van der Waals surface area contributed by atoms with Crippen molar-refractivity contribution in [2.24, 2.45) is 5.92 Å². The second kappa shape index (κ2) is 4.61. The molecule has 1 heterocycles. The average Bonchev–Trinajstić information content (AvgIpc) is 2.24. The molecule has 0 amide bonds. The van der Waals surface area contributed by atoms with Gasteiger partial charge in [-0.25, -0.2) is 0 Å². The maximum Gasteiger partial charge on any atom is 0.0896 e. The van der Waals surface area contributed by atoms with Gasteiger partial charge in [0.15, 0.2) is 0 Å². The van der Waals surface area contributed by atoms with E-state index in [1.165, 1.54) is 0 Å². The second-order valence-corrected chi connectivity index (χ2v) is 5.85. The summed E-state index contributed by atoms with van der Waals surface area (Å²) >= 11 is 0. The predicted molar refractivity (Wildman–Crippen MR) is 63.3 cm³/mol. The van der Waals surface area contributed by atoms with Crippen LogP contribution in [-0.4, -0.2) is 59.2 Å². The van der Waals surface area contributed by atoms with E-state index in [-0.39, 0.29) is 18.1 Å². The highest BCUT2D eigenvalue weighted by Gasteiger charge is 2.53. The van der Waals surface area contributed by atoms with Crippen molar-refractivity contribution >= 4 is 0 Å². The summed E-state index contributed by atoms with van der Waals surface area (Å²) in [7, 11) is 1.95. The van der Waals surface area contributed by atoms with Crippen molar-refractivity contribution in [3.05, 3.63) is 0 Å². The number of nitrogens with zero attached hydrogens (tertiary/aromatic N) is 1. The molecule has 0 aromatic heterocycles. The minimum atomic E-state index is -0.492. The number of aliphatic hydroxyl groups excluding tert-OH is 2. The lowest BCUT2D eigenvalue weighted by molar-refractivity contribution is -0.0913. The van der Waals surface area contributed by atoms with Crippen LogP contribution in [0.25, 0.3) is 0 Å². The Labute approximate surface area is 98.2 Å². The molecule has 96 valence electrons. The Balaban J connectivity index is 2.71. The van der Waals surface area contributed by atoms with Gasteiger partial charge in [-0.15, -0.1) is 0 Å². The molecule has 0 saturated carbocycles. The zero-order valence-corrected chi connectivity index (χ0v) is 11.0. The van der Waals surface area contributed by atoms with Gasteiger partial charge in [-0.2, -0.15) is 0 Å². The highest BCUT2D eigenvalue weighted by Crippen LogP contribution is 2.42. The molecule has 2 atom stereocenters. The van der Waals surface area contributed by atoms with E-state index >= 15 is 0 Å². The smallest absolute Gasteiger partial charge is 0.0896 e. The average molecular weight is 231 g/mol. The molecule has 4 heteroatoms. The standard InChI is InChI=1S/C12H25NO3/c1-11(2)9(8-13(5)6-7-14)10(15)12(3,4)16-11/h9-10,14-15H,6-8H2,1-5H3. The fraction of sp³-hybridized carbons (Fsp3) is 1.00. The molecule has 1 aliphatic rings. The third kappa shape index (κ3) is 2.74. The Morgan fingerprint density at radius 1 is 1.19 bits per heavy atom. The van der Waals surface area contributed by atoms with Crippen LogP contribution in [0.15, 0.2) is 0 Å². The molecule has 0 spiro atoms. The monoisotopic (exact) mass is 231 g/mol. The Kier molecular flexibility index (Phi) is 4.00. The maximum atomic E-state index is 10.3. The summed E-state index contributed by atoms with van der Waals surface area (Å²) in [6.45, 7) is 9.38.